The number of piperazine rings is 1. The van der Waals surface area contributed by atoms with Gasteiger partial charge in [0.2, 0.25) is 11.6 Å². The molecule has 0 bridgehead atoms. The molecule has 1 saturated carbocycles. The molecule has 16 heteroatoms. The lowest BCUT2D eigenvalue weighted by Crippen LogP contribution is -2.51. The van der Waals surface area contributed by atoms with Gasteiger partial charge in [0.05, 0.1) is 34.5 Å². The summed E-state index contributed by atoms with van der Waals surface area (Å²) >= 11 is 6.15. The number of anilines is 2. The molecule has 4 fully saturated rings. The minimum atomic E-state index is -0.944. The first-order valence-electron chi connectivity index (χ1n) is 19.9. The van der Waals surface area contributed by atoms with Crippen molar-refractivity contribution in [3.63, 3.8) is 0 Å². The van der Waals surface area contributed by atoms with Gasteiger partial charge in [0.25, 0.3) is 17.7 Å². The lowest BCUT2D eigenvalue weighted by Gasteiger charge is -2.39. The number of allylic oxidation sites excluding steroid dienone is 1. The van der Waals surface area contributed by atoms with Crippen LogP contribution in [-0.4, -0.2) is 108 Å². The highest BCUT2D eigenvalue weighted by atomic mass is 35.5. The Morgan fingerprint density at radius 2 is 1.64 bits per heavy atom. The van der Waals surface area contributed by atoms with Crippen LogP contribution in [0.2, 0.25) is 5.02 Å². The number of imide groups is 1. The fourth-order valence-corrected chi connectivity index (χ4v) is 8.94. The molecular formula is C42H45ClFN9O5. The zero-order chi connectivity index (χ0) is 40.5. The van der Waals surface area contributed by atoms with E-state index in [0.29, 0.717) is 53.3 Å². The summed E-state index contributed by atoms with van der Waals surface area (Å²) < 4.78 is 21.5. The number of carbonyl (C=O) groups excluding carboxylic acids is 4. The first-order chi connectivity index (χ1) is 28.0. The number of benzene rings is 2. The number of aromatic nitrogens is 2. The molecule has 58 heavy (non-hydrogen) atoms. The molecule has 302 valence electrons. The van der Waals surface area contributed by atoms with Crippen molar-refractivity contribution in [1.82, 2.24) is 30.6 Å². The van der Waals surface area contributed by atoms with Gasteiger partial charge in [-0.05, 0) is 93.7 Å². The molecule has 8 rings (SSSR count). The molecule has 1 aromatic heterocycles. The van der Waals surface area contributed by atoms with E-state index in [4.69, 9.17) is 22.9 Å². The van der Waals surface area contributed by atoms with E-state index >= 15 is 4.39 Å². The van der Waals surface area contributed by atoms with E-state index in [2.05, 4.69) is 42.1 Å². The molecule has 3 aromatic rings. The van der Waals surface area contributed by atoms with Crippen molar-refractivity contribution in [2.24, 2.45) is 5.92 Å². The number of halogens is 2. The van der Waals surface area contributed by atoms with E-state index in [1.165, 1.54) is 6.07 Å². The Morgan fingerprint density at radius 3 is 2.29 bits per heavy atom. The van der Waals surface area contributed by atoms with Gasteiger partial charge in [0, 0.05) is 57.6 Å². The Labute approximate surface area is 341 Å². The van der Waals surface area contributed by atoms with Gasteiger partial charge < -0.3 is 25.2 Å². The zero-order valence-corrected chi connectivity index (χ0v) is 32.8. The molecule has 1 aliphatic carbocycles. The summed E-state index contributed by atoms with van der Waals surface area (Å²) in [6, 6.07) is 10.4. The molecule has 3 saturated heterocycles. The third-order valence-corrected chi connectivity index (χ3v) is 12.3. The fourth-order valence-electron chi connectivity index (χ4n) is 8.73. The first-order valence-corrected chi connectivity index (χ1v) is 20.3. The molecule has 5 heterocycles. The van der Waals surface area contributed by atoms with Crippen LogP contribution in [0.3, 0.4) is 0 Å². The highest BCUT2D eigenvalue weighted by Gasteiger charge is 2.45. The summed E-state index contributed by atoms with van der Waals surface area (Å²) in [5.74, 6) is -0.589. The maximum absolute atomic E-state index is 15.4. The molecule has 0 spiro atoms. The predicted molar refractivity (Wildman–Crippen MR) is 215 cm³/mol. The Morgan fingerprint density at radius 1 is 0.914 bits per heavy atom. The number of rotatable bonds is 9. The number of amides is 4. The summed E-state index contributed by atoms with van der Waals surface area (Å²) in [5, 5.41) is 14.8. The summed E-state index contributed by atoms with van der Waals surface area (Å²) in [5.41, 5.74) is 1.64. The van der Waals surface area contributed by atoms with E-state index in [9.17, 15) is 19.2 Å². The molecule has 2 aromatic carbocycles. The summed E-state index contributed by atoms with van der Waals surface area (Å²) in [6.45, 7) is 16.1. The topological polar surface area (TPSA) is 145 Å². The largest absolute Gasteiger partial charge is 0.490 e. The van der Waals surface area contributed by atoms with Gasteiger partial charge >= 0.3 is 0 Å². The number of hydrogen-bond acceptors (Lipinski definition) is 10. The van der Waals surface area contributed by atoms with Crippen LogP contribution in [0.5, 0.6) is 5.75 Å². The first kappa shape index (κ1) is 39.2. The fraction of sp³-hybridized carbons (Fsp3) is 0.452. The van der Waals surface area contributed by atoms with Crippen molar-refractivity contribution in [3.05, 3.63) is 93.8 Å². The van der Waals surface area contributed by atoms with Crippen molar-refractivity contribution in [3.8, 4) is 5.75 Å². The van der Waals surface area contributed by atoms with E-state index < -0.39 is 29.6 Å². The standard InChI is InChI=1S/C42H45ClFN9O5/c1-25-3-11-36(40(55)46-25)53-41(56)30-22-33(44)37(23-31(30)42(53)57)51-19-17-50(18-20-51)24-26-13-15-52(16-14-26)38-12-10-35(48-49-38)39(54)47-27-4-6-28(7-5-27)58-29-8-9-34(45-2)32(43)21-29/h8-10,12,21-23,26-28,36H,1,3-7,11,13-20,24H2,(H,46,55)(H,47,54). The van der Waals surface area contributed by atoms with Crippen molar-refractivity contribution >= 4 is 52.4 Å². The van der Waals surface area contributed by atoms with Gasteiger partial charge in [0.1, 0.15) is 17.6 Å². The normalized spacial score (nSPS) is 23.1. The Hall–Kier alpha value is -5.59. The van der Waals surface area contributed by atoms with Crippen molar-refractivity contribution < 1.29 is 28.3 Å². The van der Waals surface area contributed by atoms with Gasteiger partial charge in [-0.15, -0.1) is 10.2 Å². The van der Waals surface area contributed by atoms with Gasteiger partial charge in [0.15, 0.2) is 11.5 Å². The van der Waals surface area contributed by atoms with Crippen LogP contribution >= 0.6 is 11.6 Å². The lowest BCUT2D eigenvalue weighted by atomic mass is 9.93. The number of nitrogens with zero attached hydrogens (tertiary/aromatic N) is 7. The Kier molecular flexibility index (Phi) is 11.3. The summed E-state index contributed by atoms with van der Waals surface area (Å²) in [6.07, 6.45) is 5.85. The minimum absolute atomic E-state index is 0.00762. The zero-order valence-electron chi connectivity index (χ0n) is 32.1. The van der Waals surface area contributed by atoms with Crippen molar-refractivity contribution in [2.45, 2.75) is 69.6 Å². The predicted octanol–water partition coefficient (Wildman–Crippen LogP) is 5.37. The Balaban J connectivity index is 0.764. The van der Waals surface area contributed by atoms with Crippen LogP contribution in [0.15, 0.2) is 54.7 Å². The second-order valence-electron chi connectivity index (χ2n) is 15.8. The molecule has 2 N–H and O–H groups in total. The van der Waals surface area contributed by atoms with E-state index in [0.717, 1.165) is 88.0 Å². The van der Waals surface area contributed by atoms with Gasteiger partial charge in [-0.2, -0.15) is 0 Å². The Bertz CT molecular complexity index is 2160. The molecule has 4 amide bonds. The third-order valence-electron chi connectivity index (χ3n) is 12.0. The molecule has 0 radical (unpaired) electrons. The highest BCUT2D eigenvalue weighted by molar-refractivity contribution is 6.33. The van der Waals surface area contributed by atoms with Crippen LogP contribution in [0.1, 0.15) is 82.6 Å². The molecule has 1 unspecified atom stereocenters. The lowest BCUT2D eigenvalue weighted by molar-refractivity contribution is -0.125. The number of piperidine rings is 2. The van der Waals surface area contributed by atoms with Crippen molar-refractivity contribution in [2.75, 3.05) is 55.6 Å². The highest BCUT2D eigenvalue weighted by Crippen LogP contribution is 2.35. The van der Waals surface area contributed by atoms with Gasteiger partial charge in [-0.25, -0.2) is 9.24 Å². The van der Waals surface area contributed by atoms with E-state index in [1.54, 1.807) is 24.3 Å². The van der Waals surface area contributed by atoms with Crippen LogP contribution in [-0.2, 0) is 4.79 Å². The number of fused-ring (bicyclic) bond motifs is 1. The van der Waals surface area contributed by atoms with Crippen LogP contribution in [0, 0.1) is 18.3 Å². The smallest absolute Gasteiger partial charge is 0.272 e. The van der Waals surface area contributed by atoms with E-state index in [-0.39, 0.29) is 41.3 Å². The molecular weight excluding hydrogens is 765 g/mol. The number of nitrogens with one attached hydrogen (secondary N) is 2. The number of ether oxygens (including phenoxy) is 1. The SMILES string of the molecule is [C-]#[N+]c1ccc(OC2CCC(NC(=O)c3ccc(N4CCC(CN5CCN(c6cc7c(cc6F)C(=O)N(C6CCC(=C)NC6=O)C7=O)CC5)CC4)nn3)CC2)cc1Cl. The maximum atomic E-state index is 15.4. The summed E-state index contributed by atoms with van der Waals surface area (Å²) in [4.78, 5) is 63.0. The molecule has 14 nitrogen and oxygen atoms in total. The van der Waals surface area contributed by atoms with E-state index in [1.807, 2.05) is 11.0 Å². The van der Waals surface area contributed by atoms with Gasteiger partial charge in [-0.3, -0.25) is 29.0 Å². The number of hydrogen-bond donors (Lipinski definition) is 2. The quantitative estimate of drug-likeness (QED) is 0.214. The third kappa shape index (κ3) is 8.21. The second kappa shape index (κ2) is 16.7. The summed E-state index contributed by atoms with van der Waals surface area (Å²) in [7, 11) is 0. The molecule has 4 aliphatic heterocycles. The number of carbonyl (C=O) groups is 4. The van der Waals surface area contributed by atoms with Crippen LogP contribution in [0.4, 0.5) is 21.6 Å². The van der Waals surface area contributed by atoms with Gasteiger partial charge in [-0.1, -0.05) is 24.2 Å². The molecule has 5 aliphatic rings. The van der Waals surface area contributed by atoms with Crippen LogP contribution < -0.4 is 25.2 Å². The minimum Gasteiger partial charge on any atom is -0.490 e. The van der Waals surface area contributed by atoms with Crippen LogP contribution in [0.25, 0.3) is 4.85 Å². The maximum Gasteiger partial charge on any atom is 0.272 e. The monoisotopic (exact) mass is 809 g/mol. The molecule has 1 atom stereocenters. The van der Waals surface area contributed by atoms with Crippen molar-refractivity contribution in [1.29, 1.82) is 0 Å². The average molecular weight is 810 g/mol. The second-order valence-corrected chi connectivity index (χ2v) is 16.2. The average Bonchev–Trinajstić information content (AvgIpc) is 3.46.